The molecule has 0 N–H and O–H groups in total. The SMILES string of the molecule is CC(C)c1cccc(C(C)C)c1N=Cc1ccccc1[Si](Cl)Cl. The highest BCUT2D eigenvalue weighted by Gasteiger charge is 2.14. The first-order chi connectivity index (χ1) is 10.9. The van der Waals surface area contributed by atoms with Crippen molar-refractivity contribution in [2.24, 2.45) is 4.99 Å². The van der Waals surface area contributed by atoms with E-state index in [2.05, 4.69) is 45.9 Å². The molecule has 0 aromatic heterocycles. The van der Waals surface area contributed by atoms with Crippen LogP contribution in [0.15, 0.2) is 47.5 Å². The first-order valence-electron chi connectivity index (χ1n) is 7.86. The van der Waals surface area contributed by atoms with Gasteiger partial charge >= 0.3 is 7.42 Å². The summed E-state index contributed by atoms with van der Waals surface area (Å²) in [6, 6.07) is 14.4. The summed E-state index contributed by atoms with van der Waals surface area (Å²) >= 11 is 12.3. The molecule has 2 aromatic rings. The van der Waals surface area contributed by atoms with Crippen LogP contribution in [0.2, 0.25) is 0 Å². The van der Waals surface area contributed by atoms with Gasteiger partial charge in [-0.15, -0.1) is 22.2 Å². The van der Waals surface area contributed by atoms with Crippen molar-refractivity contribution in [1.29, 1.82) is 0 Å². The average Bonchev–Trinajstić information content (AvgIpc) is 2.52. The molecule has 0 fully saturated rings. The molecule has 23 heavy (non-hydrogen) atoms. The van der Waals surface area contributed by atoms with Gasteiger partial charge in [0.15, 0.2) is 0 Å². The molecule has 121 valence electrons. The molecule has 2 rings (SSSR count). The number of nitrogens with zero attached hydrogens (tertiary/aromatic N) is 1. The molecular formula is C19H22Cl2NSi. The van der Waals surface area contributed by atoms with Crippen molar-refractivity contribution in [1.82, 2.24) is 0 Å². The van der Waals surface area contributed by atoms with Gasteiger partial charge < -0.3 is 0 Å². The normalized spacial score (nSPS) is 12.0. The fraction of sp³-hybridized carbons (Fsp3) is 0.316. The third kappa shape index (κ3) is 4.47. The number of hydrogen-bond donors (Lipinski definition) is 0. The molecule has 0 amide bonds. The summed E-state index contributed by atoms with van der Waals surface area (Å²) in [6.07, 6.45) is 1.90. The highest BCUT2D eigenvalue weighted by molar-refractivity contribution is 7.39. The zero-order valence-electron chi connectivity index (χ0n) is 14.0. The second-order valence-electron chi connectivity index (χ2n) is 6.20. The zero-order chi connectivity index (χ0) is 17.0. The second kappa shape index (κ2) is 8.14. The Balaban J connectivity index is 2.51. The highest BCUT2D eigenvalue weighted by atomic mass is 35.7. The zero-order valence-corrected chi connectivity index (χ0v) is 16.5. The summed E-state index contributed by atoms with van der Waals surface area (Å²) < 4.78 is 0. The lowest BCUT2D eigenvalue weighted by Gasteiger charge is -2.16. The van der Waals surface area contributed by atoms with Gasteiger partial charge in [-0.1, -0.05) is 70.2 Å². The maximum atomic E-state index is 6.16. The van der Waals surface area contributed by atoms with Crippen LogP contribution in [0.5, 0.6) is 0 Å². The lowest BCUT2D eigenvalue weighted by atomic mass is 9.93. The Kier molecular flexibility index (Phi) is 6.46. The highest BCUT2D eigenvalue weighted by Crippen LogP contribution is 2.34. The Morgan fingerprint density at radius 1 is 0.870 bits per heavy atom. The van der Waals surface area contributed by atoms with Crippen molar-refractivity contribution in [3.05, 3.63) is 59.2 Å². The van der Waals surface area contributed by atoms with Crippen molar-refractivity contribution in [3.8, 4) is 0 Å². The molecule has 0 saturated heterocycles. The Morgan fingerprint density at radius 3 is 1.96 bits per heavy atom. The van der Waals surface area contributed by atoms with E-state index in [9.17, 15) is 0 Å². The molecule has 0 aliphatic rings. The van der Waals surface area contributed by atoms with Crippen molar-refractivity contribution in [2.75, 3.05) is 0 Å². The summed E-state index contributed by atoms with van der Waals surface area (Å²) in [7, 11) is -1.54. The van der Waals surface area contributed by atoms with Crippen LogP contribution >= 0.6 is 22.2 Å². The van der Waals surface area contributed by atoms with Crippen LogP contribution in [0.3, 0.4) is 0 Å². The number of halogens is 2. The number of hydrogen-bond acceptors (Lipinski definition) is 1. The number of benzene rings is 2. The van der Waals surface area contributed by atoms with Gasteiger partial charge in [0.1, 0.15) is 0 Å². The molecule has 0 spiro atoms. The van der Waals surface area contributed by atoms with Gasteiger partial charge in [0, 0.05) is 6.21 Å². The van der Waals surface area contributed by atoms with E-state index >= 15 is 0 Å². The molecule has 1 nitrogen and oxygen atoms in total. The quantitative estimate of drug-likeness (QED) is 0.359. The van der Waals surface area contributed by atoms with E-state index in [-0.39, 0.29) is 0 Å². The fourth-order valence-corrected chi connectivity index (χ4v) is 4.20. The van der Waals surface area contributed by atoms with Crippen molar-refractivity contribution >= 4 is 46.7 Å². The molecule has 2 aromatic carbocycles. The molecule has 1 radical (unpaired) electrons. The van der Waals surface area contributed by atoms with Crippen LogP contribution in [0, 0.1) is 0 Å². The van der Waals surface area contributed by atoms with Gasteiger partial charge in [-0.25, -0.2) is 0 Å². The van der Waals surface area contributed by atoms with E-state index in [0.29, 0.717) is 11.8 Å². The van der Waals surface area contributed by atoms with Crippen LogP contribution in [-0.4, -0.2) is 13.6 Å². The smallest absolute Gasteiger partial charge is 0.256 e. The molecule has 0 atom stereocenters. The van der Waals surface area contributed by atoms with Gasteiger partial charge in [-0.3, -0.25) is 4.99 Å². The second-order valence-corrected chi connectivity index (χ2v) is 10.1. The predicted octanol–water partition coefficient (Wildman–Crippen LogP) is 5.86. The monoisotopic (exact) mass is 362 g/mol. The van der Waals surface area contributed by atoms with Gasteiger partial charge in [0.05, 0.1) is 5.69 Å². The molecule has 0 saturated carbocycles. The Morgan fingerprint density at radius 2 is 1.43 bits per heavy atom. The Bertz CT molecular complexity index is 667. The molecule has 0 aliphatic carbocycles. The summed E-state index contributed by atoms with van der Waals surface area (Å²) in [4.78, 5) is 4.84. The third-order valence-corrected chi connectivity index (χ3v) is 5.92. The Labute approximate surface area is 150 Å². The molecule has 0 heterocycles. The predicted molar refractivity (Wildman–Crippen MR) is 105 cm³/mol. The van der Waals surface area contributed by atoms with E-state index in [1.54, 1.807) is 0 Å². The number of aliphatic imine (C=N–C) groups is 1. The molecule has 0 aliphatic heterocycles. The molecule has 0 bridgehead atoms. The van der Waals surface area contributed by atoms with Crippen LogP contribution < -0.4 is 5.19 Å². The number of para-hydroxylation sites is 1. The minimum Gasteiger partial charge on any atom is -0.256 e. The van der Waals surface area contributed by atoms with Crippen molar-refractivity contribution in [2.45, 2.75) is 39.5 Å². The maximum Gasteiger partial charge on any atom is 0.307 e. The van der Waals surface area contributed by atoms with E-state index in [0.717, 1.165) is 16.4 Å². The molecule has 0 unspecified atom stereocenters. The maximum absolute atomic E-state index is 6.16. The largest absolute Gasteiger partial charge is 0.307 e. The van der Waals surface area contributed by atoms with E-state index < -0.39 is 7.42 Å². The van der Waals surface area contributed by atoms with Gasteiger partial charge in [-0.2, -0.15) is 0 Å². The summed E-state index contributed by atoms with van der Waals surface area (Å²) in [5.74, 6) is 0.855. The minimum absolute atomic E-state index is 0.428. The van der Waals surface area contributed by atoms with Crippen LogP contribution in [0.4, 0.5) is 5.69 Å². The number of rotatable bonds is 5. The lowest BCUT2D eigenvalue weighted by molar-refractivity contribution is 0.835. The topological polar surface area (TPSA) is 12.4 Å². The summed E-state index contributed by atoms with van der Waals surface area (Å²) in [6.45, 7) is 8.80. The van der Waals surface area contributed by atoms with Crippen LogP contribution in [-0.2, 0) is 0 Å². The first-order valence-corrected chi connectivity index (χ1v) is 11.4. The minimum atomic E-state index is -1.54. The Hall–Kier alpha value is -1.09. The average molecular weight is 363 g/mol. The summed E-state index contributed by atoms with van der Waals surface area (Å²) in [5.41, 5.74) is 4.62. The molecular weight excluding hydrogens is 341 g/mol. The van der Waals surface area contributed by atoms with E-state index in [1.807, 2.05) is 30.5 Å². The van der Waals surface area contributed by atoms with Crippen molar-refractivity contribution in [3.63, 3.8) is 0 Å². The fourth-order valence-electron chi connectivity index (χ4n) is 2.58. The van der Waals surface area contributed by atoms with Crippen LogP contribution in [0.1, 0.15) is 56.2 Å². The standard InChI is InChI=1S/C19H22Cl2NSi/c1-13(2)16-9-7-10-17(14(3)4)19(16)22-12-15-8-5-6-11-18(15)23(20)21/h5-14H,1-4H3. The first kappa shape index (κ1) is 18.2. The van der Waals surface area contributed by atoms with Gasteiger partial charge in [-0.05, 0) is 33.7 Å². The summed E-state index contributed by atoms with van der Waals surface area (Å²) in [5, 5.41) is 0.984. The van der Waals surface area contributed by atoms with Crippen LogP contribution in [0.25, 0.3) is 0 Å². The lowest BCUT2D eigenvalue weighted by Crippen LogP contribution is -2.22. The van der Waals surface area contributed by atoms with E-state index in [1.165, 1.54) is 11.1 Å². The van der Waals surface area contributed by atoms with Gasteiger partial charge in [0.25, 0.3) is 0 Å². The van der Waals surface area contributed by atoms with E-state index in [4.69, 9.17) is 27.2 Å². The third-order valence-electron chi connectivity index (χ3n) is 3.84. The molecule has 4 heteroatoms. The van der Waals surface area contributed by atoms with Crippen molar-refractivity contribution < 1.29 is 0 Å². The van der Waals surface area contributed by atoms with Gasteiger partial charge in [0.2, 0.25) is 0 Å².